The molecule has 3 aromatic rings. The Morgan fingerprint density at radius 3 is 2.78 bits per heavy atom. The average molecular weight is 363 g/mol. The molecule has 140 valence electrons. The summed E-state index contributed by atoms with van der Waals surface area (Å²) in [7, 11) is 0. The monoisotopic (exact) mass is 363 g/mol. The van der Waals surface area contributed by atoms with Gasteiger partial charge in [0.05, 0.1) is 28.9 Å². The van der Waals surface area contributed by atoms with Gasteiger partial charge in [0.1, 0.15) is 6.33 Å². The van der Waals surface area contributed by atoms with Crippen molar-refractivity contribution in [2.45, 2.75) is 20.8 Å². The molecule has 0 saturated carbocycles. The maximum atomic E-state index is 12.4. The minimum absolute atomic E-state index is 0.270. The molecule has 0 bridgehead atoms. The normalized spacial score (nSPS) is 15.1. The topological polar surface area (TPSA) is 47.4 Å². The summed E-state index contributed by atoms with van der Waals surface area (Å²) in [5, 5.41) is 0. The third-order valence-corrected chi connectivity index (χ3v) is 5.34. The van der Waals surface area contributed by atoms with Crippen molar-refractivity contribution in [1.82, 2.24) is 14.5 Å². The number of imidazole rings is 1. The van der Waals surface area contributed by atoms with E-state index in [4.69, 9.17) is 4.74 Å². The SMILES string of the molecule is CCN1CC(COC(=O)c2ccc3c(c2)ncn3-c2cc(C)ccc2C)C1. The predicted molar refractivity (Wildman–Crippen MR) is 106 cm³/mol. The van der Waals surface area contributed by atoms with Crippen LogP contribution in [0, 0.1) is 19.8 Å². The van der Waals surface area contributed by atoms with E-state index in [1.165, 1.54) is 11.1 Å². The van der Waals surface area contributed by atoms with Gasteiger partial charge in [-0.25, -0.2) is 9.78 Å². The second-order valence-corrected chi connectivity index (χ2v) is 7.42. The van der Waals surface area contributed by atoms with E-state index >= 15 is 0 Å². The molecule has 5 heteroatoms. The van der Waals surface area contributed by atoms with E-state index < -0.39 is 0 Å². The van der Waals surface area contributed by atoms with Crippen LogP contribution in [0.25, 0.3) is 16.7 Å². The van der Waals surface area contributed by atoms with E-state index in [1.807, 2.05) is 24.5 Å². The van der Waals surface area contributed by atoms with Crippen molar-refractivity contribution in [1.29, 1.82) is 0 Å². The van der Waals surface area contributed by atoms with Crippen LogP contribution in [0.5, 0.6) is 0 Å². The Hall–Kier alpha value is -2.66. The molecule has 0 aliphatic carbocycles. The number of carbonyl (C=O) groups excluding carboxylic acids is 1. The van der Waals surface area contributed by atoms with Crippen LogP contribution < -0.4 is 0 Å². The van der Waals surface area contributed by atoms with E-state index in [1.54, 1.807) is 0 Å². The van der Waals surface area contributed by atoms with Gasteiger partial charge in [-0.3, -0.25) is 4.57 Å². The highest BCUT2D eigenvalue weighted by Crippen LogP contribution is 2.23. The van der Waals surface area contributed by atoms with Crippen molar-refractivity contribution in [3.8, 4) is 5.69 Å². The molecule has 1 aromatic heterocycles. The lowest BCUT2D eigenvalue weighted by Gasteiger charge is -2.37. The molecule has 2 heterocycles. The molecule has 1 fully saturated rings. The first-order chi connectivity index (χ1) is 13.0. The summed E-state index contributed by atoms with van der Waals surface area (Å²) in [4.78, 5) is 19.2. The molecule has 0 amide bonds. The maximum Gasteiger partial charge on any atom is 0.338 e. The Bertz CT molecular complexity index is 986. The Kier molecular flexibility index (Phi) is 4.70. The molecule has 0 unspecified atom stereocenters. The molecular weight excluding hydrogens is 338 g/mol. The van der Waals surface area contributed by atoms with Crippen molar-refractivity contribution in [2.24, 2.45) is 5.92 Å². The fourth-order valence-electron chi connectivity index (χ4n) is 3.63. The van der Waals surface area contributed by atoms with Crippen molar-refractivity contribution in [2.75, 3.05) is 26.2 Å². The van der Waals surface area contributed by atoms with Crippen molar-refractivity contribution < 1.29 is 9.53 Å². The Balaban J connectivity index is 1.52. The summed E-state index contributed by atoms with van der Waals surface area (Å²) >= 11 is 0. The number of hydrogen-bond donors (Lipinski definition) is 0. The number of rotatable bonds is 5. The predicted octanol–water partition coefficient (Wildman–Crippen LogP) is 3.75. The van der Waals surface area contributed by atoms with Gasteiger partial charge in [0.15, 0.2) is 0 Å². The summed E-state index contributed by atoms with van der Waals surface area (Å²) in [6.45, 7) is 9.90. The Morgan fingerprint density at radius 1 is 1.19 bits per heavy atom. The molecule has 1 aliphatic heterocycles. The fourth-order valence-corrected chi connectivity index (χ4v) is 3.63. The molecule has 1 aliphatic rings. The Labute approximate surface area is 159 Å². The zero-order valence-electron chi connectivity index (χ0n) is 16.1. The van der Waals surface area contributed by atoms with Crippen LogP contribution in [0.15, 0.2) is 42.7 Å². The van der Waals surface area contributed by atoms with Crippen LogP contribution in [0.4, 0.5) is 0 Å². The van der Waals surface area contributed by atoms with Gasteiger partial charge in [-0.2, -0.15) is 0 Å². The van der Waals surface area contributed by atoms with Crippen LogP contribution in [-0.4, -0.2) is 46.7 Å². The lowest BCUT2D eigenvalue weighted by molar-refractivity contribution is 0.0165. The highest BCUT2D eigenvalue weighted by molar-refractivity contribution is 5.94. The Morgan fingerprint density at radius 2 is 2.00 bits per heavy atom. The first-order valence-corrected chi connectivity index (χ1v) is 9.49. The second-order valence-electron chi connectivity index (χ2n) is 7.42. The van der Waals surface area contributed by atoms with Crippen molar-refractivity contribution in [3.05, 3.63) is 59.4 Å². The van der Waals surface area contributed by atoms with Crippen molar-refractivity contribution >= 4 is 17.0 Å². The number of benzene rings is 2. The summed E-state index contributed by atoms with van der Waals surface area (Å²) in [6.07, 6.45) is 1.81. The van der Waals surface area contributed by atoms with Gasteiger partial charge in [-0.05, 0) is 55.8 Å². The largest absolute Gasteiger partial charge is 0.462 e. The van der Waals surface area contributed by atoms with Crippen LogP contribution in [0.3, 0.4) is 0 Å². The maximum absolute atomic E-state index is 12.4. The van der Waals surface area contributed by atoms with Crippen LogP contribution in [0.2, 0.25) is 0 Å². The molecule has 0 radical (unpaired) electrons. The van der Waals surface area contributed by atoms with Crippen LogP contribution >= 0.6 is 0 Å². The van der Waals surface area contributed by atoms with E-state index in [9.17, 15) is 4.79 Å². The fraction of sp³-hybridized carbons (Fsp3) is 0.364. The molecule has 27 heavy (non-hydrogen) atoms. The van der Waals surface area contributed by atoms with Gasteiger partial charge in [0, 0.05) is 19.0 Å². The number of fused-ring (bicyclic) bond motifs is 1. The highest BCUT2D eigenvalue weighted by atomic mass is 16.5. The zero-order valence-corrected chi connectivity index (χ0v) is 16.1. The lowest BCUT2D eigenvalue weighted by Crippen LogP contribution is -2.48. The minimum Gasteiger partial charge on any atom is -0.462 e. The number of nitrogens with zero attached hydrogens (tertiary/aromatic N) is 3. The molecule has 4 rings (SSSR count). The van der Waals surface area contributed by atoms with Gasteiger partial charge >= 0.3 is 5.97 Å². The van der Waals surface area contributed by atoms with Crippen LogP contribution in [-0.2, 0) is 4.74 Å². The third kappa shape index (κ3) is 3.47. The molecule has 5 nitrogen and oxygen atoms in total. The number of likely N-dealkylation sites (tertiary alicyclic amines) is 1. The quantitative estimate of drug-likeness (QED) is 0.648. The van der Waals surface area contributed by atoms with Gasteiger partial charge in [-0.15, -0.1) is 0 Å². The van der Waals surface area contributed by atoms with E-state index in [0.29, 0.717) is 18.1 Å². The summed E-state index contributed by atoms with van der Waals surface area (Å²) in [5.41, 5.74) is 5.84. The first kappa shape index (κ1) is 17.7. The number of hydrogen-bond acceptors (Lipinski definition) is 4. The van der Waals surface area contributed by atoms with Gasteiger partial charge in [0.2, 0.25) is 0 Å². The molecule has 0 atom stereocenters. The number of carbonyl (C=O) groups is 1. The molecule has 0 spiro atoms. The summed E-state index contributed by atoms with van der Waals surface area (Å²) in [6, 6.07) is 12.0. The standard InChI is InChI=1S/C22H25N3O2/c1-4-24-11-17(12-24)13-27-22(26)18-7-8-20-19(10-18)23-14-25(20)21-9-15(2)5-6-16(21)3/h5-10,14,17H,4,11-13H2,1-3H3. The summed E-state index contributed by atoms with van der Waals surface area (Å²) < 4.78 is 7.57. The minimum atomic E-state index is -0.270. The first-order valence-electron chi connectivity index (χ1n) is 9.49. The molecular formula is C22H25N3O2. The highest BCUT2D eigenvalue weighted by Gasteiger charge is 2.26. The average Bonchev–Trinajstić information content (AvgIpc) is 3.05. The zero-order chi connectivity index (χ0) is 19.0. The molecule has 2 aromatic carbocycles. The number of aryl methyl sites for hydroxylation is 2. The number of ether oxygens (including phenoxy) is 1. The summed E-state index contributed by atoms with van der Waals surface area (Å²) in [5.74, 6) is 0.189. The number of esters is 1. The van der Waals surface area contributed by atoms with Gasteiger partial charge in [-0.1, -0.05) is 19.1 Å². The second kappa shape index (κ2) is 7.16. The van der Waals surface area contributed by atoms with Gasteiger partial charge in [0.25, 0.3) is 0 Å². The van der Waals surface area contributed by atoms with E-state index in [-0.39, 0.29) is 5.97 Å². The smallest absolute Gasteiger partial charge is 0.338 e. The molecule has 0 N–H and O–H groups in total. The molecule has 1 saturated heterocycles. The lowest BCUT2D eigenvalue weighted by atomic mass is 10.0. The number of aromatic nitrogens is 2. The van der Waals surface area contributed by atoms with E-state index in [2.05, 4.69) is 53.4 Å². The van der Waals surface area contributed by atoms with Gasteiger partial charge < -0.3 is 9.64 Å². The third-order valence-electron chi connectivity index (χ3n) is 5.34. The van der Waals surface area contributed by atoms with Crippen molar-refractivity contribution in [3.63, 3.8) is 0 Å². The van der Waals surface area contributed by atoms with E-state index in [0.717, 1.165) is 36.4 Å². The van der Waals surface area contributed by atoms with Crippen LogP contribution in [0.1, 0.15) is 28.4 Å².